The van der Waals surface area contributed by atoms with E-state index in [9.17, 15) is 4.39 Å². The highest BCUT2D eigenvalue weighted by molar-refractivity contribution is 5.92. The maximum atomic E-state index is 13.2. The van der Waals surface area contributed by atoms with Crippen LogP contribution in [0.15, 0.2) is 29.2 Å². The first-order valence-corrected chi connectivity index (χ1v) is 7.40. The van der Waals surface area contributed by atoms with E-state index in [-0.39, 0.29) is 24.5 Å². The van der Waals surface area contributed by atoms with Gasteiger partial charge < -0.3 is 14.8 Å². The maximum Gasteiger partial charge on any atom is 0.160 e. The molecule has 0 aromatic carbocycles. The van der Waals surface area contributed by atoms with Gasteiger partial charge in [0.05, 0.1) is 11.6 Å². The van der Waals surface area contributed by atoms with Crippen molar-refractivity contribution in [1.29, 1.82) is 0 Å². The molecule has 0 radical (unpaired) electrons. The summed E-state index contributed by atoms with van der Waals surface area (Å²) < 4.78 is 13.2. The fourth-order valence-corrected chi connectivity index (χ4v) is 3.26. The Morgan fingerprint density at radius 2 is 2.20 bits per heavy atom. The van der Waals surface area contributed by atoms with Gasteiger partial charge in [-0.1, -0.05) is 11.2 Å². The Balaban J connectivity index is 1.56. The van der Waals surface area contributed by atoms with E-state index in [1.54, 1.807) is 0 Å². The van der Waals surface area contributed by atoms with Crippen molar-refractivity contribution in [2.75, 3.05) is 26.2 Å². The smallest absolute Gasteiger partial charge is 0.160 e. The zero-order valence-corrected chi connectivity index (χ0v) is 11.5. The molecular formula is C15H21FN2O2. The van der Waals surface area contributed by atoms with Gasteiger partial charge >= 0.3 is 0 Å². The van der Waals surface area contributed by atoms with Crippen molar-refractivity contribution in [3.63, 3.8) is 0 Å². The molecule has 1 N–H and O–H groups in total. The maximum absolute atomic E-state index is 13.2. The fourth-order valence-electron chi connectivity index (χ4n) is 3.26. The zero-order chi connectivity index (χ0) is 13.9. The molecule has 0 bridgehead atoms. The summed E-state index contributed by atoms with van der Waals surface area (Å²) in [7, 11) is 0. The third-order valence-corrected chi connectivity index (χ3v) is 4.40. The third-order valence-electron chi connectivity index (χ3n) is 4.40. The number of fused-ring (bicyclic) bond motifs is 1. The summed E-state index contributed by atoms with van der Waals surface area (Å²) in [5, 5.41) is 13.1. The van der Waals surface area contributed by atoms with Gasteiger partial charge in [-0.3, -0.25) is 0 Å². The minimum absolute atomic E-state index is 0.114. The molecule has 0 aromatic rings. The van der Waals surface area contributed by atoms with E-state index in [1.807, 2.05) is 6.08 Å². The fraction of sp³-hybridized carbons (Fsp3) is 0.667. The van der Waals surface area contributed by atoms with Crippen molar-refractivity contribution in [2.45, 2.75) is 25.4 Å². The van der Waals surface area contributed by atoms with Crippen LogP contribution in [-0.4, -0.2) is 48.1 Å². The highest BCUT2D eigenvalue weighted by Crippen LogP contribution is 2.33. The van der Waals surface area contributed by atoms with E-state index in [1.165, 1.54) is 12.2 Å². The Labute approximate surface area is 118 Å². The van der Waals surface area contributed by atoms with Gasteiger partial charge in [-0.05, 0) is 44.5 Å². The number of rotatable bonds is 4. The lowest BCUT2D eigenvalue weighted by molar-refractivity contribution is 0.103. The summed E-state index contributed by atoms with van der Waals surface area (Å²) in [6, 6.07) is 0. The van der Waals surface area contributed by atoms with Crippen LogP contribution >= 0.6 is 0 Å². The molecule has 0 amide bonds. The Morgan fingerprint density at radius 1 is 1.40 bits per heavy atom. The normalized spacial score (nSPS) is 30.7. The molecule has 2 aliphatic heterocycles. The topological polar surface area (TPSA) is 45.1 Å². The first-order valence-electron chi connectivity index (χ1n) is 7.40. The summed E-state index contributed by atoms with van der Waals surface area (Å²) in [6.45, 7) is 3.29. The molecule has 3 aliphatic rings. The largest absolute Gasteiger partial charge is 0.396 e. The highest BCUT2D eigenvalue weighted by atomic mass is 19.1. The van der Waals surface area contributed by atoms with Crippen LogP contribution in [0.4, 0.5) is 4.39 Å². The van der Waals surface area contributed by atoms with Crippen molar-refractivity contribution in [2.24, 2.45) is 17.0 Å². The molecule has 1 saturated heterocycles. The van der Waals surface area contributed by atoms with Crippen molar-refractivity contribution in [1.82, 2.24) is 4.90 Å². The lowest BCUT2D eigenvalue weighted by atomic mass is 9.81. The predicted octanol–water partition coefficient (Wildman–Crippen LogP) is 1.87. The van der Waals surface area contributed by atoms with Crippen LogP contribution in [0.5, 0.6) is 0 Å². The van der Waals surface area contributed by atoms with E-state index in [0.717, 1.165) is 44.6 Å². The van der Waals surface area contributed by atoms with Crippen LogP contribution in [-0.2, 0) is 4.84 Å². The van der Waals surface area contributed by atoms with Gasteiger partial charge in [0.25, 0.3) is 0 Å². The number of hydrogen-bond donors (Lipinski definition) is 1. The summed E-state index contributed by atoms with van der Waals surface area (Å²) in [5.74, 6) is 0.319. The molecule has 2 atom stereocenters. The number of halogens is 1. The molecule has 0 spiro atoms. The molecule has 20 heavy (non-hydrogen) atoms. The molecule has 2 heterocycles. The average molecular weight is 280 g/mol. The van der Waals surface area contributed by atoms with Gasteiger partial charge in [0.1, 0.15) is 5.83 Å². The van der Waals surface area contributed by atoms with Gasteiger partial charge in [-0.25, -0.2) is 4.39 Å². The molecule has 5 heteroatoms. The van der Waals surface area contributed by atoms with Crippen molar-refractivity contribution in [3.05, 3.63) is 24.1 Å². The van der Waals surface area contributed by atoms with Gasteiger partial charge in [-0.2, -0.15) is 0 Å². The van der Waals surface area contributed by atoms with Crippen LogP contribution in [0.3, 0.4) is 0 Å². The lowest BCUT2D eigenvalue weighted by Crippen LogP contribution is -2.39. The number of nitrogens with zero attached hydrogens (tertiary/aromatic N) is 2. The molecule has 1 fully saturated rings. The first-order chi connectivity index (χ1) is 9.78. The Bertz CT molecular complexity index is 439. The second kappa shape index (κ2) is 6.06. The van der Waals surface area contributed by atoms with E-state index in [2.05, 4.69) is 10.1 Å². The second-order valence-electron chi connectivity index (χ2n) is 5.72. The number of piperidine rings is 1. The molecule has 110 valence electrons. The van der Waals surface area contributed by atoms with E-state index < -0.39 is 0 Å². The van der Waals surface area contributed by atoms with Gasteiger partial charge in [0, 0.05) is 19.1 Å². The van der Waals surface area contributed by atoms with Crippen LogP contribution in [0, 0.1) is 11.8 Å². The Morgan fingerprint density at radius 3 is 2.95 bits per heavy atom. The molecule has 3 rings (SSSR count). The number of hydrogen-bond acceptors (Lipinski definition) is 4. The van der Waals surface area contributed by atoms with Crippen molar-refractivity contribution in [3.8, 4) is 0 Å². The van der Waals surface area contributed by atoms with E-state index in [0.29, 0.717) is 5.92 Å². The SMILES string of the molecule is OCCCN1CCC(C2=NOC3C=C(F)C=CC23)CC1. The molecule has 1 aliphatic carbocycles. The Hall–Kier alpha value is -1.20. The summed E-state index contributed by atoms with van der Waals surface area (Å²) in [6.07, 6.45) is 7.63. The molecular weight excluding hydrogens is 259 g/mol. The molecule has 0 aromatic heterocycles. The number of aliphatic hydroxyl groups is 1. The third kappa shape index (κ3) is 2.79. The molecule has 2 unspecified atom stereocenters. The second-order valence-corrected chi connectivity index (χ2v) is 5.72. The van der Waals surface area contributed by atoms with Crippen LogP contribution in [0.1, 0.15) is 19.3 Å². The van der Waals surface area contributed by atoms with Crippen LogP contribution in [0.25, 0.3) is 0 Å². The lowest BCUT2D eigenvalue weighted by Gasteiger charge is -2.32. The van der Waals surface area contributed by atoms with E-state index in [4.69, 9.17) is 9.94 Å². The highest BCUT2D eigenvalue weighted by Gasteiger charge is 2.38. The summed E-state index contributed by atoms with van der Waals surface area (Å²) >= 11 is 0. The zero-order valence-electron chi connectivity index (χ0n) is 11.5. The van der Waals surface area contributed by atoms with Gasteiger partial charge in [0.2, 0.25) is 0 Å². The Kier molecular flexibility index (Phi) is 4.17. The van der Waals surface area contributed by atoms with E-state index >= 15 is 0 Å². The standard InChI is InChI=1S/C15H21FN2O2/c16-12-2-3-13-14(10-12)20-17-15(13)11-4-7-18(8-5-11)6-1-9-19/h2-3,10-11,13-14,19H,1,4-9H2. The number of oxime groups is 1. The first kappa shape index (κ1) is 13.8. The number of likely N-dealkylation sites (tertiary alicyclic amines) is 1. The van der Waals surface area contributed by atoms with Crippen molar-refractivity contribution < 1.29 is 14.3 Å². The minimum Gasteiger partial charge on any atom is -0.396 e. The average Bonchev–Trinajstić information content (AvgIpc) is 2.88. The van der Waals surface area contributed by atoms with Crippen molar-refractivity contribution >= 4 is 5.71 Å². The van der Waals surface area contributed by atoms with Gasteiger partial charge in [-0.15, -0.1) is 0 Å². The minimum atomic E-state index is -0.248. The molecule has 0 saturated carbocycles. The molecule has 4 nitrogen and oxygen atoms in total. The number of allylic oxidation sites excluding steroid dienone is 2. The quantitative estimate of drug-likeness (QED) is 0.855. The summed E-state index contributed by atoms with van der Waals surface area (Å²) in [4.78, 5) is 7.74. The van der Waals surface area contributed by atoms with Gasteiger partial charge in [0.15, 0.2) is 6.10 Å². The van der Waals surface area contributed by atoms with Crippen LogP contribution < -0.4 is 0 Å². The number of aliphatic hydroxyl groups excluding tert-OH is 1. The summed E-state index contributed by atoms with van der Waals surface area (Å²) in [5.41, 5.74) is 1.08. The van der Waals surface area contributed by atoms with Crippen LogP contribution in [0.2, 0.25) is 0 Å². The predicted molar refractivity (Wildman–Crippen MR) is 75.0 cm³/mol. The monoisotopic (exact) mass is 280 g/mol.